The number of thioether (sulfide) groups is 1. The molecule has 4 nitrogen and oxygen atoms in total. The van der Waals surface area contributed by atoms with Crippen LogP contribution in [0.15, 0.2) is 23.2 Å². The van der Waals surface area contributed by atoms with Crippen molar-refractivity contribution in [3.8, 4) is 0 Å². The minimum absolute atomic E-state index is 0.223. The van der Waals surface area contributed by atoms with Gasteiger partial charge in [-0.1, -0.05) is 17.8 Å². The first-order valence-electron chi connectivity index (χ1n) is 5.40. The standard InChI is InChI=1S/C12H18N2O2S/c1-12(2,3)16-11(15)8-17-10-7-5-6-9(13-4)14-10/h5-7H,8H2,1-4H3,(H,13,14). The van der Waals surface area contributed by atoms with Crippen LogP contribution in [0.3, 0.4) is 0 Å². The van der Waals surface area contributed by atoms with Crippen molar-refractivity contribution in [1.82, 2.24) is 4.98 Å². The Kier molecular flexibility index (Phi) is 4.81. The lowest BCUT2D eigenvalue weighted by atomic mass is 10.2. The van der Waals surface area contributed by atoms with Crippen molar-refractivity contribution in [2.45, 2.75) is 31.4 Å². The van der Waals surface area contributed by atoms with Crippen LogP contribution in [0.25, 0.3) is 0 Å². The van der Waals surface area contributed by atoms with Crippen molar-refractivity contribution in [2.24, 2.45) is 0 Å². The molecule has 17 heavy (non-hydrogen) atoms. The topological polar surface area (TPSA) is 51.2 Å². The Labute approximate surface area is 106 Å². The maximum atomic E-state index is 11.5. The summed E-state index contributed by atoms with van der Waals surface area (Å²) in [6.07, 6.45) is 0. The van der Waals surface area contributed by atoms with Crippen LogP contribution in [0.1, 0.15) is 20.8 Å². The van der Waals surface area contributed by atoms with Gasteiger partial charge in [0, 0.05) is 7.05 Å². The molecule has 0 bridgehead atoms. The fourth-order valence-corrected chi connectivity index (χ4v) is 1.80. The summed E-state index contributed by atoms with van der Waals surface area (Å²) >= 11 is 1.37. The molecule has 1 heterocycles. The molecule has 5 heteroatoms. The summed E-state index contributed by atoms with van der Waals surface area (Å²) in [5.41, 5.74) is -0.433. The summed E-state index contributed by atoms with van der Waals surface area (Å²) in [5, 5.41) is 3.76. The molecule has 0 aliphatic heterocycles. The fraction of sp³-hybridized carbons (Fsp3) is 0.500. The zero-order chi connectivity index (χ0) is 12.9. The number of ether oxygens (including phenoxy) is 1. The highest BCUT2D eigenvalue weighted by Crippen LogP contribution is 2.18. The lowest BCUT2D eigenvalue weighted by Crippen LogP contribution is -2.24. The van der Waals surface area contributed by atoms with E-state index in [0.29, 0.717) is 0 Å². The number of hydrogen-bond acceptors (Lipinski definition) is 5. The van der Waals surface area contributed by atoms with E-state index in [1.165, 1.54) is 11.8 Å². The average molecular weight is 254 g/mol. The summed E-state index contributed by atoms with van der Waals surface area (Å²) in [6, 6.07) is 5.64. The number of aromatic nitrogens is 1. The maximum absolute atomic E-state index is 11.5. The highest BCUT2D eigenvalue weighted by Gasteiger charge is 2.16. The van der Waals surface area contributed by atoms with E-state index in [-0.39, 0.29) is 11.7 Å². The van der Waals surface area contributed by atoms with Gasteiger partial charge in [0.1, 0.15) is 11.4 Å². The molecule has 94 valence electrons. The van der Waals surface area contributed by atoms with E-state index >= 15 is 0 Å². The Hall–Kier alpha value is -1.23. The zero-order valence-electron chi connectivity index (χ0n) is 10.6. The number of carbonyl (C=O) groups excluding carboxylic acids is 1. The van der Waals surface area contributed by atoms with Crippen molar-refractivity contribution in [3.63, 3.8) is 0 Å². The molecule has 1 N–H and O–H groups in total. The molecule has 1 rings (SSSR count). The number of nitrogens with zero attached hydrogens (tertiary/aromatic N) is 1. The first kappa shape index (κ1) is 13.8. The van der Waals surface area contributed by atoms with Gasteiger partial charge in [0.05, 0.1) is 10.8 Å². The molecule has 1 aromatic rings. The largest absolute Gasteiger partial charge is 0.459 e. The predicted molar refractivity (Wildman–Crippen MR) is 70.4 cm³/mol. The molecule has 0 atom stereocenters. The van der Waals surface area contributed by atoms with E-state index in [1.807, 2.05) is 46.0 Å². The van der Waals surface area contributed by atoms with Gasteiger partial charge in [0.15, 0.2) is 0 Å². The van der Waals surface area contributed by atoms with Crippen LogP contribution in [-0.4, -0.2) is 29.4 Å². The molecule has 0 spiro atoms. The van der Waals surface area contributed by atoms with Crippen LogP contribution in [-0.2, 0) is 9.53 Å². The summed E-state index contributed by atoms with van der Waals surface area (Å²) in [4.78, 5) is 15.8. The molecule has 0 amide bonds. The Balaban J connectivity index is 2.47. The Morgan fingerprint density at radius 2 is 2.18 bits per heavy atom. The van der Waals surface area contributed by atoms with Gasteiger partial charge >= 0.3 is 5.97 Å². The maximum Gasteiger partial charge on any atom is 0.316 e. The minimum Gasteiger partial charge on any atom is -0.459 e. The molecule has 0 saturated carbocycles. The molecule has 0 radical (unpaired) electrons. The van der Waals surface area contributed by atoms with E-state index in [4.69, 9.17) is 4.74 Å². The number of anilines is 1. The van der Waals surface area contributed by atoms with E-state index in [1.54, 1.807) is 0 Å². The van der Waals surface area contributed by atoms with Crippen LogP contribution in [0.2, 0.25) is 0 Å². The monoisotopic (exact) mass is 254 g/mol. The predicted octanol–water partition coefficient (Wildman–Crippen LogP) is 2.56. The first-order valence-corrected chi connectivity index (χ1v) is 6.39. The van der Waals surface area contributed by atoms with Gasteiger partial charge < -0.3 is 10.1 Å². The molecule has 0 fully saturated rings. The SMILES string of the molecule is CNc1cccc(SCC(=O)OC(C)(C)C)n1. The Bertz CT molecular complexity index is 388. The second-order valence-electron chi connectivity index (χ2n) is 4.49. The third-order valence-electron chi connectivity index (χ3n) is 1.74. The summed E-state index contributed by atoms with van der Waals surface area (Å²) in [6.45, 7) is 5.57. The van der Waals surface area contributed by atoms with E-state index in [9.17, 15) is 4.79 Å². The van der Waals surface area contributed by atoms with Gasteiger partial charge in [-0.2, -0.15) is 0 Å². The van der Waals surface area contributed by atoms with Crippen LogP contribution < -0.4 is 5.32 Å². The van der Waals surface area contributed by atoms with Gasteiger partial charge in [0.2, 0.25) is 0 Å². The Morgan fingerprint density at radius 1 is 1.47 bits per heavy atom. The summed E-state index contributed by atoms with van der Waals surface area (Å²) in [7, 11) is 1.81. The molecule has 0 saturated heterocycles. The molecule has 0 unspecified atom stereocenters. The number of carbonyl (C=O) groups is 1. The van der Waals surface area contributed by atoms with Crippen molar-refractivity contribution < 1.29 is 9.53 Å². The van der Waals surface area contributed by atoms with Crippen LogP contribution >= 0.6 is 11.8 Å². The van der Waals surface area contributed by atoms with Crippen LogP contribution in [0.4, 0.5) is 5.82 Å². The number of hydrogen-bond donors (Lipinski definition) is 1. The number of esters is 1. The molecular formula is C12H18N2O2S. The fourth-order valence-electron chi connectivity index (χ4n) is 1.14. The second kappa shape index (κ2) is 5.91. The highest BCUT2D eigenvalue weighted by atomic mass is 32.2. The third kappa shape index (κ3) is 5.58. The zero-order valence-corrected chi connectivity index (χ0v) is 11.4. The smallest absolute Gasteiger partial charge is 0.316 e. The molecule has 0 aliphatic rings. The van der Waals surface area contributed by atoms with E-state index < -0.39 is 5.60 Å². The van der Waals surface area contributed by atoms with Gasteiger partial charge in [-0.25, -0.2) is 4.98 Å². The highest BCUT2D eigenvalue weighted by molar-refractivity contribution is 7.99. The van der Waals surface area contributed by atoms with Crippen molar-refractivity contribution in [3.05, 3.63) is 18.2 Å². The third-order valence-corrected chi connectivity index (χ3v) is 2.64. The number of nitrogens with one attached hydrogen (secondary N) is 1. The van der Waals surface area contributed by atoms with E-state index in [2.05, 4.69) is 10.3 Å². The van der Waals surface area contributed by atoms with Gasteiger partial charge in [-0.05, 0) is 32.9 Å². The van der Waals surface area contributed by atoms with Gasteiger partial charge in [-0.3, -0.25) is 4.79 Å². The first-order chi connectivity index (χ1) is 7.90. The molecule has 0 aromatic carbocycles. The molecule has 1 aromatic heterocycles. The normalized spacial score (nSPS) is 11.1. The van der Waals surface area contributed by atoms with Gasteiger partial charge in [0.25, 0.3) is 0 Å². The Morgan fingerprint density at radius 3 is 2.76 bits per heavy atom. The quantitative estimate of drug-likeness (QED) is 0.661. The molecule has 0 aliphatic carbocycles. The minimum atomic E-state index is -0.433. The van der Waals surface area contributed by atoms with E-state index in [0.717, 1.165) is 10.8 Å². The van der Waals surface area contributed by atoms with Gasteiger partial charge in [-0.15, -0.1) is 0 Å². The lowest BCUT2D eigenvalue weighted by molar-refractivity contribution is -0.151. The van der Waals surface area contributed by atoms with Crippen molar-refractivity contribution in [1.29, 1.82) is 0 Å². The number of pyridine rings is 1. The second-order valence-corrected chi connectivity index (χ2v) is 5.48. The summed E-state index contributed by atoms with van der Waals surface area (Å²) < 4.78 is 5.21. The van der Waals surface area contributed by atoms with Crippen molar-refractivity contribution in [2.75, 3.05) is 18.1 Å². The summed E-state index contributed by atoms with van der Waals surface area (Å²) in [5.74, 6) is 0.843. The van der Waals surface area contributed by atoms with Crippen LogP contribution in [0, 0.1) is 0 Å². The van der Waals surface area contributed by atoms with Crippen LogP contribution in [0.5, 0.6) is 0 Å². The lowest BCUT2D eigenvalue weighted by Gasteiger charge is -2.19. The average Bonchev–Trinajstić information content (AvgIpc) is 2.24. The number of rotatable bonds is 4. The van der Waals surface area contributed by atoms with Crippen molar-refractivity contribution >= 4 is 23.5 Å². The molecular weight excluding hydrogens is 236 g/mol.